The van der Waals surface area contributed by atoms with E-state index in [2.05, 4.69) is 10.2 Å². The van der Waals surface area contributed by atoms with Crippen molar-refractivity contribution in [2.24, 2.45) is 5.41 Å². The van der Waals surface area contributed by atoms with Crippen LogP contribution in [0.25, 0.3) is 0 Å². The smallest absolute Gasteiger partial charge is 0.326 e. The van der Waals surface area contributed by atoms with Crippen molar-refractivity contribution in [3.8, 4) is 0 Å². The number of hydrogen-bond acceptors (Lipinski definition) is 3. The Balaban J connectivity index is 2.71. The number of carbonyl (C=O) groups excluding carboxylic acids is 1. The maximum absolute atomic E-state index is 12.3. The molecule has 2 amide bonds. The molecule has 2 N–H and O–H groups in total. The quantitative estimate of drug-likeness (QED) is 0.814. The van der Waals surface area contributed by atoms with Crippen molar-refractivity contribution in [1.82, 2.24) is 15.1 Å². The van der Waals surface area contributed by atoms with Crippen LogP contribution in [0.15, 0.2) is 0 Å². The lowest BCUT2D eigenvalue weighted by atomic mass is 9.87. The standard InChI is InChI=1S/C14H27N3O3/c1-14(2,3)11(12(18)19)15-13(20)17-8-6-7-10(17)9-16(4)5/h10-11H,6-9H2,1-5H3,(H,15,20)(H,18,19)/t10?,11-/m0/s1. The number of carboxylic acid groups (broad SMARTS) is 1. The lowest BCUT2D eigenvalue weighted by molar-refractivity contribution is -0.142. The van der Waals surface area contributed by atoms with E-state index < -0.39 is 17.4 Å². The van der Waals surface area contributed by atoms with E-state index in [1.165, 1.54) is 0 Å². The van der Waals surface area contributed by atoms with E-state index in [4.69, 9.17) is 0 Å². The molecule has 0 aromatic carbocycles. The van der Waals surface area contributed by atoms with Gasteiger partial charge in [-0.1, -0.05) is 20.8 Å². The maximum Gasteiger partial charge on any atom is 0.326 e. The fourth-order valence-electron chi connectivity index (χ4n) is 2.57. The summed E-state index contributed by atoms with van der Waals surface area (Å²) in [7, 11) is 3.95. The lowest BCUT2D eigenvalue weighted by Crippen LogP contribution is -2.55. The van der Waals surface area contributed by atoms with E-state index in [-0.39, 0.29) is 12.1 Å². The van der Waals surface area contributed by atoms with Crippen LogP contribution >= 0.6 is 0 Å². The Kier molecular flexibility index (Phi) is 5.39. The molecular weight excluding hydrogens is 258 g/mol. The Hall–Kier alpha value is -1.30. The Morgan fingerprint density at radius 1 is 1.40 bits per heavy atom. The molecule has 0 bridgehead atoms. The van der Waals surface area contributed by atoms with E-state index in [0.717, 1.165) is 19.4 Å². The highest BCUT2D eigenvalue weighted by Crippen LogP contribution is 2.22. The first-order valence-electron chi connectivity index (χ1n) is 7.07. The Morgan fingerprint density at radius 3 is 2.45 bits per heavy atom. The van der Waals surface area contributed by atoms with Gasteiger partial charge in [-0.25, -0.2) is 9.59 Å². The molecule has 0 aromatic rings. The molecule has 0 aliphatic carbocycles. The summed E-state index contributed by atoms with van der Waals surface area (Å²) in [4.78, 5) is 27.5. The first-order valence-corrected chi connectivity index (χ1v) is 7.07. The fourth-order valence-corrected chi connectivity index (χ4v) is 2.57. The minimum Gasteiger partial charge on any atom is -0.480 e. The SMILES string of the molecule is CN(C)CC1CCCN1C(=O)N[C@@H](C(=O)O)C(C)(C)C. The van der Waals surface area contributed by atoms with Gasteiger partial charge in [-0.3, -0.25) is 0 Å². The van der Waals surface area contributed by atoms with Gasteiger partial charge < -0.3 is 20.2 Å². The molecule has 0 radical (unpaired) electrons. The van der Waals surface area contributed by atoms with Crippen LogP contribution in [0.3, 0.4) is 0 Å². The van der Waals surface area contributed by atoms with Gasteiger partial charge in [0, 0.05) is 19.1 Å². The van der Waals surface area contributed by atoms with Crippen molar-refractivity contribution < 1.29 is 14.7 Å². The summed E-state index contributed by atoms with van der Waals surface area (Å²) < 4.78 is 0. The second kappa shape index (κ2) is 6.43. The molecule has 0 aromatic heterocycles. The van der Waals surface area contributed by atoms with E-state index in [9.17, 15) is 14.7 Å². The van der Waals surface area contributed by atoms with E-state index >= 15 is 0 Å². The number of carboxylic acids is 1. The Labute approximate surface area is 121 Å². The average Bonchev–Trinajstić information content (AvgIpc) is 2.70. The van der Waals surface area contributed by atoms with Crippen LogP contribution in [0.5, 0.6) is 0 Å². The zero-order chi connectivity index (χ0) is 15.5. The first kappa shape index (κ1) is 16.8. The summed E-state index contributed by atoms with van der Waals surface area (Å²) in [5.74, 6) is -0.991. The van der Waals surface area contributed by atoms with E-state index in [0.29, 0.717) is 6.54 Å². The van der Waals surface area contributed by atoms with Gasteiger partial charge in [0.2, 0.25) is 0 Å². The summed E-state index contributed by atoms with van der Waals surface area (Å²) >= 11 is 0. The lowest BCUT2D eigenvalue weighted by Gasteiger charge is -2.32. The van der Waals surface area contributed by atoms with Crippen molar-refractivity contribution in [3.63, 3.8) is 0 Å². The van der Waals surface area contributed by atoms with Crippen LogP contribution < -0.4 is 5.32 Å². The number of urea groups is 1. The van der Waals surface area contributed by atoms with E-state index in [1.54, 1.807) is 4.90 Å². The van der Waals surface area contributed by atoms with Crippen LogP contribution in [0.1, 0.15) is 33.6 Å². The summed E-state index contributed by atoms with van der Waals surface area (Å²) in [6.45, 7) is 6.94. The van der Waals surface area contributed by atoms with Crippen LogP contribution in [0.4, 0.5) is 4.79 Å². The third-order valence-corrected chi connectivity index (χ3v) is 3.59. The Bertz CT molecular complexity index is 363. The van der Waals surface area contributed by atoms with Crippen molar-refractivity contribution >= 4 is 12.0 Å². The molecule has 0 spiro atoms. The number of carbonyl (C=O) groups is 2. The molecule has 6 nitrogen and oxygen atoms in total. The summed E-state index contributed by atoms with van der Waals surface area (Å²) in [5.41, 5.74) is -0.516. The highest BCUT2D eigenvalue weighted by molar-refractivity contribution is 5.83. The summed E-state index contributed by atoms with van der Waals surface area (Å²) in [5, 5.41) is 11.9. The van der Waals surface area contributed by atoms with Crippen molar-refractivity contribution in [2.75, 3.05) is 27.2 Å². The predicted molar refractivity (Wildman–Crippen MR) is 77.7 cm³/mol. The number of hydrogen-bond donors (Lipinski definition) is 2. The van der Waals surface area contributed by atoms with Gasteiger partial charge in [-0.15, -0.1) is 0 Å². The number of rotatable bonds is 4. The van der Waals surface area contributed by atoms with Gasteiger partial charge in [-0.05, 0) is 32.4 Å². The normalized spacial score (nSPS) is 21.1. The number of nitrogens with one attached hydrogen (secondary N) is 1. The molecule has 1 saturated heterocycles. The zero-order valence-corrected chi connectivity index (χ0v) is 13.1. The number of likely N-dealkylation sites (tertiary alicyclic amines) is 1. The third kappa shape index (κ3) is 4.37. The maximum atomic E-state index is 12.3. The molecule has 6 heteroatoms. The van der Waals surface area contributed by atoms with Crippen molar-refractivity contribution in [1.29, 1.82) is 0 Å². The third-order valence-electron chi connectivity index (χ3n) is 3.59. The number of amides is 2. The molecule has 1 fully saturated rings. The molecule has 1 aliphatic heterocycles. The van der Waals surface area contributed by atoms with Gasteiger partial charge in [0.25, 0.3) is 0 Å². The van der Waals surface area contributed by atoms with Crippen LogP contribution in [-0.2, 0) is 4.79 Å². The number of likely N-dealkylation sites (N-methyl/N-ethyl adjacent to an activating group) is 1. The highest BCUT2D eigenvalue weighted by atomic mass is 16.4. The predicted octanol–water partition coefficient (Wildman–Crippen LogP) is 1.22. The molecule has 116 valence electrons. The van der Waals surface area contributed by atoms with Crippen LogP contribution in [0.2, 0.25) is 0 Å². The highest BCUT2D eigenvalue weighted by Gasteiger charge is 2.36. The van der Waals surface area contributed by atoms with Crippen molar-refractivity contribution in [3.05, 3.63) is 0 Å². The van der Waals surface area contributed by atoms with Gasteiger partial charge in [0.15, 0.2) is 0 Å². The van der Waals surface area contributed by atoms with Crippen LogP contribution in [-0.4, -0.2) is 66.2 Å². The van der Waals surface area contributed by atoms with Gasteiger partial charge in [-0.2, -0.15) is 0 Å². The van der Waals surface area contributed by atoms with Crippen molar-refractivity contribution in [2.45, 2.75) is 45.7 Å². The fraction of sp³-hybridized carbons (Fsp3) is 0.857. The molecule has 20 heavy (non-hydrogen) atoms. The van der Waals surface area contributed by atoms with Gasteiger partial charge >= 0.3 is 12.0 Å². The minimum atomic E-state index is -0.991. The monoisotopic (exact) mass is 285 g/mol. The molecule has 1 rings (SSSR count). The molecule has 1 aliphatic rings. The zero-order valence-electron chi connectivity index (χ0n) is 13.1. The topological polar surface area (TPSA) is 72.9 Å². The second-order valence-electron chi connectivity index (χ2n) is 6.84. The second-order valence-corrected chi connectivity index (χ2v) is 6.84. The molecule has 0 saturated carbocycles. The van der Waals surface area contributed by atoms with Gasteiger partial charge in [0.1, 0.15) is 6.04 Å². The largest absolute Gasteiger partial charge is 0.480 e. The minimum absolute atomic E-state index is 0.166. The number of nitrogens with zero attached hydrogens (tertiary/aromatic N) is 2. The molecular formula is C14H27N3O3. The average molecular weight is 285 g/mol. The summed E-state index contributed by atoms with van der Waals surface area (Å²) in [6, 6.07) is -0.980. The van der Waals surface area contributed by atoms with E-state index in [1.807, 2.05) is 34.9 Å². The summed E-state index contributed by atoms with van der Waals surface area (Å²) in [6.07, 6.45) is 1.94. The molecule has 2 atom stereocenters. The van der Waals surface area contributed by atoms with Gasteiger partial charge in [0.05, 0.1) is 0 Å². The molecule has 1 heterocycles. The molecule has 1 unspecified atom stereocenters. The number of aliphatic carboxylic acids is 1. The van der Waals surface area contributed by atoms with Crippen LogP contribution in [0, 0.1) is 5.41 Å². The first-order chi connectivity index (χ1) is 9.12. The Morgan fingerprint density at radius 2 is 2.00 bits per heavy atom.